The molecule has 0 N–H and O–H groups in total. The molecule has 6 nitrogen and oxygen atoms in total. The maximum atomic E-state index is 12.8. The summed E-state index contributed by atoms with van der Waals surface area (Å²) < 4.78 is 16.8. The number of hydrogen-bond donors (Lipinski definition) is 0. The number of unbranched alkanes of at least 4 members (excludes halogenated alkanes) is 30. The fraction of sp³-hybridized carbons (Fsp3) is 0.941. The van der Waals surface area contributed by atoms with Crippen LogP contribution in [0, 0.1) is 11.8 Å². The quantitative estimate of drug-likeness (QED) is 0.0346. The first-order valence-corrected chi connectivity index (χ1v) is 25.2. The molecule has 0 spiro atoms. The second-order valence-electron chi connectivity index (χ2n) is 18.4. The number of carbonyl (C=O) groups excluding carboxylic acids is 3. The smallest absolute Gasteiger partial charge is 0.306 e. The third kappa shape index (κ3) is 45.3. The zero-order valence-electron chi connectivity index (χ0n) is 39.0. The van der Waals surface area contributed by atoms with Crippen molar-refractivity contribution in [3.05, 3.63) is 0 Å². The van der Waals surface area contributed by atoms with Crippen molar-refractivity contribution in [2.75, 3.05) is 13.2 Å². The van der Waals surface area contributed by atoms with Gasteiger partial charge in [-0.2, -0.15) is 0 Å². The molecule has 338 valence electrons. The first-order chi connectivity index (χ1) is 27.7. The lowest BCUT2D eigenvalue weighted by atomic mass is 10.0. The van der Waals surface area contributed by atoms with E-state index in [2.05, 4.69) is 34.6 Å². The Morgan fingerprint density at radius 2 is 0.579 bits per heavy atom. The van der Waals surface area contributed by atoms with Crippen LogP contribution in [0.2, 0.25) is 0 Å². The Balaban J connectivity index is 4.27. The molecule has 0 fully saturated rings. The van der Waals surface area contributed by atoms with Crippen molar-refractivity contribution in [3.8, 4) is 0 Å². The number of hydrogen-bond acceptors (Lipinski definition) is 6. The summed E-state index contributed by atoms with van der Waals surface area (Å²) in [6.07, 6.45) is 43.7. The number of esters is 3. The van der Waals surface area contributed by atoms with Gasteiger partial charge in [-0.15, -0.1) is 0 Å². The monoisotopic (exact) mass is 807 g/mol. The first kappa shape index (κ1) is 55.4. The molecule has 0 aromatic rings. The Hall–Kier alpha value is -1.59. The maximum Gasteiger partial charge on any atom is 0.306 e. The van der Waals surface area contributed by atoms with Gasteiger partial charge in [-0.25, -0.2) is 0 Å². The summed E-state index contributed by atoms with van der Waals surface area (Å²) in [6.45, 7) is 11.4. The van der Waals surface area contributed by atoms with Crippen LogP contribution in [0.4, 0.5) is 0 Å². The molecule has 0 rings (SSSR count). The first-order valence-electron chi connectivity index (χ1n) is 25.2. The average Bonchev–Trinajstić information content (AvgIpc) is 3.18. The summed E-state index contributed by atoms with van der Waals surface area (Å²) in [5.41, 5.74) is 0. The molecular weight excluding hydrogens is 709 g/mol. The van der Waals surface area contributed by atoms with Gasteiger partial charge in [0, 0.05) is 19.3 Å². The second-order valence-corrected chi connectivity index (χ2v) is 18.4. The molecule has 0 unspecified atom stereocenters. The van der Waals surface area contributed by atoms with E-state index in [-0.39, 0.29) is 31.1 Å². The molecule has 57 heavy (non-hydrogen) atoms. The van der Waals surface area contributed by atoms with E-state index in [1.165, 1.54) is 167 Å². The third-order valence-corrected chi connectivity index (χ3v) is 11.5. The van der Waals surface area contributed by atoms with Crippen LogP contribution in [0.1, 0.15) is 279 Å². The summed E-state index contributed by atoms with van der Waals surface area (Å²) in [4.78, 5) is 37.8. The summed E-state index contributed by atoms with van der Waals surface area (Å²) in [5.74, 6) is 0.813. The van der Waals surface area contributed by atoms with Crippen LogP contribution in [-0.4, -0.2) is 37.2 Å². The Bertz CT molecular complexity index is 870. The van der Waals surface area contributed by atoms with Crippen LogP contribution in [0.25, 0.3) is 0 Å². The lowest BCUT2D eigenvalue weighted by Gasteiger charge is -2.18. The van der Waals surface area contributed by atoms with E-state index < -0.39 is 6.10 Å². The molecular formula is C51H98O6. The van der Waals surface area contributed by atoms with Gasteiger partial charge in [0.15, 0.2) is 6.10 Å². The Kier molecular flexibility index (Phi) is 42.7. The topological polar surface area (TPSA) is 78.9 Å². The Morgan fingerprint density at radius 3 is 0.860 bits per heavy atom. The third-order valence-electron chi connectivity index (χ3n) is 11.5. The van der Waals surface area contributed by atoms with Gasteiger partial charge >= 0.3 is 17.9 Å². The molecule has 0 aliphatic rings. The molecule has 0 heterocycles. The van der Waals surface area contributed by atoms with Crippen LogP contribution < -0.4 is 0 Å². The van der Waals surface area contributed by atoms with E-state index in [9.17, 15) is 14.4 Å². The average molecular weight is 807 g/mol. The molecule has 1 atom stereocenters. The van der Waals surface area contributed by atoms with Gasteiger partial charge in [0.1, 0.15) is 13.2 Å². The standard InChI is InChI=1S/C51H98O6/c1-6-7-8-9-10-19-26-31-36-41-49(52)55-44-48(57-51(54)43-38-33-28-23-18-14-16-21-25-30-35-40-47(4)5)45-56-50(53)42-37-32-27-22-17-13-11-12-15-20-24-29-34-39-46(2)3/h46-48H,6-45H2,1-5H3/t48-/m1/s1. The van der Waals surface area contributed by atoms with Gasteiger partial charge in [0.2, 0.25) is 0 Å². The molecule has 0 bridgehead atoms. The highest BCUT2D eigenvalue weighted by Crippen LogP contribution is 2.17. The highest BCUT2D eigenvalue weighted by molar-refractivity contribution is 5.71. The van der Waals surface area contributed by atoms with Gasteiger partial charge in [0.05, 0.1) is 0 Å². The van der Waals surface area contributed by atoms with Crippen LogP contribution in [-0.2, 0) is 28.6 Å². The molecule has 0 aromatic heterocycles. The highest BCUT2D eigenvalue weighted by atomic mass is 16.6. The largest absolute Gasteiger partial charge is 0.462 e. The van der Waals surface area contributed by atoms with Crippen molar-refractivity contribution < 1.29 is 28.6 Å². The number of ether oxygens (including phenoxy) is 3. The minimum absolute atomic E-state index is 0.0639. The van der Waals surface area contributed by atoms with Crippen molar-refractivity contribution in [3.63, 3.8) is 0 Å². The Labute approximate surface area is 355 Å². The van der Waals surface area contributed by atoms with Crippen LogP contribution in [0.3, 0.4) is 0 Å². The fourth-order valence-electron chi connectivity index (χ4n) is 7.64. The molecule has 0 aromatic carbocycles. The van der Waals surface area contributed by atoms with E-state index in [4.69, 9.17) is 14.2 Å². The summed E-state index contributed by atoms with van der Waals surface area (Å²) in [5, 5.41) is 0. The van der Waals surface area contributed by atoms with E-state index in [0.717, 1.165) is 69.6 Å². The molecule has 0 saturated heterocycles. The van der Waals surface area contributed by atoms with Crippen molar-refractivity contribution in [2.45, 2.75) is 285 Å². The molecule has 0 aliphatic heterocycles. The minimum Gasteiger partial charge on any atom is -0.462 e. The van der Waals surface area contributed by atoms with Crippen LogP contribution >= 0.6 is 0 Å². The van der Waals surface area contributed by atoms with E-state index in [1.807, 2.05) is 0 Å². The predicted octanol–water partition coefficient (Wildman–Crippen LogP) is 16.1. The lowest BCUT2D eigenvalue weighted by molar-refractivity contribution is -0.167. The second kappa shape index (κ2) is 44.0. The number of rotatable bonds is 45. The zero-order chi connectivity index (χ0) is 41.9. The van der Waals surface area contributed by atoms with Crippen molar-refractivity contribution in [2.24, 2.45) is 11.8 Å². The summed E-state index contributed by atoms with van der Waals surface area (Å²) in [6, 6.07) is 0. The van der Waals surface area contributed by atoms with E-state index >= 15 is 0 Å². The van der Waals surface area contributed by atoms with Gasteiger partial charge in [0.25, 0.3) is 0 Å². The maximum absolute atomic E-state index is 12.8. The van der Waals surface area contributed by atoms with Gasteiger partial charge < -0.3 is 14.2 Å². The van der Waals surface area contributed by atoms with Crippen LogP contribution in [0.5, 0.6) is 0 Å². The normalized spacial score (nSPS) is 12.1. The highest BCUT2D eigenvalue weighted by Gasteiger charge is 2.19. The Morgan fingerprint density at radius 1 is 0.333 bits per heavy atom. The number of carbonyl (C=O) groups is 3. The zero-order valence-corrected chi connectivity index (χ0v) is 39.0. The predicted molar refractivity (Wildman–Crippen MR) is 243 cm³/mol. The van der Waals surface area contributed by atoms with Crippen molar-refractivity contribution in [1.29, 1.82) is 0 Å². The SMILES string of the molecule is CCCCCCCCCCCC(=O)OC[C@H](COC(=O)CCCCCCCCCCCCCCCC(C)C)OC(=O)CCCCCCCCCCCCCC(C)C. The molecule has 0 saturated carbocycles. The van der Waals surface area contributed by atoms with E-state index in [1.54, 1.807) is 0 Å². The lowest BCUT2D eigenvalue weighted by Crippen LogP contribution is -2.30. The van der Waals surface area contributed by atoms with Crippen molar-refractivity contribution >= 4 is 17.9 Å². The van der Waals surface area contributed by atoms with Gasteiger partial charge in [-0.3, -0.25) is 14.4 Å². The van der Waals surface area contributed by atoms with Crippen LogP contribution in [0.15, 0.2) is 0 Å². The molecule has 6 heteroatoms. The summed E-state index contributed by atoms with van der Waals surface area (Å²) in [7, 11) is 0. The molecule has 0 amide bonds. The van der Waals surface area contributed by atoms with Crippen molar-refractivity contribution in [1.82, 2.24) is 0 Å². The molecule has 0 radical (unpaired) electrons. The van der Waals surface area contributed by atoms with E-state index in [0.29, 0.717) is 19.3 Å². The minimum atomic E-state index is -0.760. The molecule has 0 aliphatic carbocycles. The summed E-state index contributed by atoms with van der Waals surface area (Å²) >= 11 is 0. The van der Waals surface area contributed by atoms with Gasteiger partial charge in [-0.05, 0) is 31.1 Å². The fourth-order valence-corrected chi connectivity index (χ4v) is 7.64. The van der Waals surface area contributed by atoms with Gasteiger partial charge in [-0.1, -0.05) is 240 Å².